The molecule has 1 aromatic carbocycles. The number of aryl methyl sites for hydroxylation is 1. The van der Waals surface area contributed by atoms with Crippen LogP contribution in [0.1, 0.15) is 20.3 Å². The van der Waals surface area contributed by atoms with Gasteiger partial charge in [-0.05, 0) is 42.7 Å². The number of benzene rings is 1. The summed E-state index contributed by atoms with van der Waals surface area (Å²) in [6, 6.07) is 7.85. The fourth-order valence-electron chi connectivity index (χ4n) is 2.36. The summed E-state index contributed by atoms with van der Waals surface area (Å²) in [7, 11) is 0. The van der Waals surface area contributed by atoms with Gasteiger partial charge in [-0.1, -0.05) is 13.8 Å². The molecular formula is C17H18FN3O. The Morgan fingerprint density at radius 3 is 2.59 bits per heavy atom. The molecule has 0 amide bonds. The number of hydrogen-bond donors (Lipinski definition) is 0. The highest BCUT2D eigenvalue weighted by Gasteiger charge is 2.09. The van der Waals surface area contributed by atoms with E-state index in [0.29, 0.717) is 23.7 Å². The van der Waals surface area contributed by atoms with Crippen molar-refractivity contribution >= 4 is 5.52 Å². The fraction of sp³-hybridized carbons (Fsp3) is 0.294. The number of rotatable bonds is 4. The smallest absolute Gasteiger partial charge is 0.276 e. The maximum Gasteiger partial charge on any atom is 0.276 e. The number of nitrogens with zero attached hydrogens (tertiary/aromatic N) is 3. The highest BCUT2D eigenvalue weighted by atomic mass is 19.1. The Morgan fingerprint density at radius 1 is 1.18 bits per heavy atom. The molecule has 0 saturated carbocycles. The van der Waals surface area contributed by atoms with Crippen molar-refractivity contribution in [2.24, 2.45) is 5.92 Å². The molecule has 2 heterocycles. The van der Waals surface area contributed by atoms with Gasteiger partial charge in [0, 0.05) is 24.5 Å². The van der Waals surface area contributed by atoms with Gasteiger partial charge in [-0.3, -0.25) is 4.79 Å². The molecule has 0 atom stereocenters. The first-order chi connectivity index (χ1) is 10.5. The van der Waals surface area contributed by atoms with Gasteiger partial charge in [-0.15, -0.1) is 0 Å². The van der Waals surface area contributed by atoms with Gasteiger partial charge in [0.1, 0.15) is 11.3 Å². The number of hydrogen-bond acceptors (Lipinski definition) is 2. The molecule has 3 rings (SSSR count). The van der Waals surface area contributed by atoms with Gasteiger partial charge in [-0.2, -0.15) is 5.10 Å². The van der Waals surface area contributed by atoms with Crippen LogP contribution in [0.4, 0.5) is 4.39 Å². The van der Waals surface area contributed by atoms with Crippen LogP contribution in [0.3, 0.4) is 0 Å². The topological polar surface area (TPSA) is 39.3 Å². The van der Waals surface area contributed by atoms with Crippen LogP contribution in [0.15, 0.2) is 47.5 Å². The molecule has 0 N–H and O–H groups in total. The minimum atomic E-state index is -0.288. The van der Waals surface area contributed by atoms with E-state index in [1.807, 2.05) is 0 Å². The van der Waals surface area contributed by atoms with Crippen LogP contribution in [0.2, 0.25) is 0 Å². The first-order valence-electron chi connectivity index (χ1n) is 7.39. The zero-order chi connectivity index (χ0) is 15.7. The molecule has 0 saturated heterocycles. The zero-order valence-corrected chi connectivity index (χ0v) is 12.7. The van der Waals surface area contributed by atoms with Gasteiger partial charge in [0.15, 0.2) is 0 Å². The Labute approximate surface area is 127 Å². The van der Waals surface area contributed by atoms with Crippen molar-refractivity contribution < 1.29 is 4.39 Å². The van der Waals surface area contributed by atoms with Crippen LogP contribution in [0.25, 0.3) is 16.8 Å². The van der Waals surface area contributed by atoms with Gasteiger partial charge < -0.3 is 4.57 Å². The second-order valence-corrected chi connectivity index (χ2v) is 5.85. The monoisotopic (exact) mass is 299 g/mol. The molecule has 0 aliphatic heterocycles. The van der Waals surface area contributed by atoms with Crippen LogP contribution in [-0.4, -0.2) is 14.2 Å². The fourth-order valence-corrected chi connectivity index (χ4v) is 2.36. The Balaban J connectivity index is 2.01. The van der Waals surface area contributed by atoms with Gasteiger partial charge in [-0.25, -0.2) is 8.91 Å². The van der Waals surface area contributed by atoms with Gasteiger partial charge in [0.25, 0.3) is 5.56 Å². The lowest BCUT2D eigenvalue weighted by Crippen LogP contribution is -2.21. The molecule has 4 nitrogen and oxygen atoms in total. The molecule has 0 unspecified atom stereocenters. The van der Waals surface area contributed by atoms with E-state index >= 15 is 0 Å². The molecule has 114 valence electrons. The van der Waals surface area contributed by atoms with Crippen molar-refractivity contribution in [3.05, 3.63) is 58.9 Å². The standard InChI is InChI=1S/C17H18FN3O/c1-12(2)7-8-20-9-10-21-16(17(20)22)11-15(19-21)13-3-5-14(18)6-4-13/h3-6,9-12H,7-8H2,1-2H3. The van der Waals surface area contributed by atoms with E-state index in [4.69, 9.17) is 0 Å². The lowest BCUT2D eigenvalue weighted by Gasteiger charge is -2.07. The average molecular weight is 299 g/mol. The molecule has 0 bridgehead atoms. The summed E-state index contributed by atoms with van der Waals surface area (Å²) >= 11 is 0. The predicted molar refractivity (Wildman–Crippen MR) is 84.3 cm³/mol. The summed E-state index contributed by atoms with van der Waals surface area (Å²) in [6.45, 7) is 4.97. The summed E-state index contributed by atoms with van der Waals surface area (Å²) in [4.78, 5) is 12.5. The molecule has 5 heteroatoms. The Bertz CT molecular complexity index is 846. The van der Waals surface area contributed by atoms with Crippen LogP contribution in [-0.2, 0) is 6.54 Å². The summed E-state index contributed by atoms with van der Waals surface area (Å²) in [5.74, 6) is 0.256. The van der Waals surface area contributed by atoms with Gasteiger partial charge in [0.2, 0.25) is 0 Å². The molecule has 0 spiro atoms. The van der Waals surface area contributed by atoms with Crippen molar-refractivity contribution in [1.29, 1.82) is 0 Å². The Kier molecular flexibility index (Phi) is 3.79. The third-order valence-electron chi connectivity index (χ3n) is 3.69. The van der Waals surface area contributed by atoms with Crippen molar-refractivity contribution in [2.45, 2.75) is 26.8 Å². The second kappa shape index (κ2) is 5.75. The first-order valence-corrected chi connectivity index (χ1v) is 7.39. The van der Waals surface area contributed by atoms with Crippen molar-refractivity contribution in [3.8, 4) is 11.3 Å². The van der Waals surface area contributed by atoms with Crippen LogP contribution in [0.5, 0.6) is 0 Å². The molecule has 0 fully saturated rings. The van der Waals surface area contributed by atoms with Crippen LogP contribution >= 0.6 is 0 Å². The average Bonchev–Trinajstić information content (AvgIpc) is 2.92. The molecule has 0 radical (unpaired) electrons. The lowest BCUT2D eigenvalue weighted by molar-refractivity contribution is 0.507. The van der Waals surface area contributed by atoms with Crippen molar-refractivity contribution in [3.63, 3.8) is 0 Å². The predicted octanol–water partition coefficient (Wildman–Crippen LogP) is 3.35. The zero-order valence-electron chi connectivity index (χ0n) is 12.7. The number of aromatic nitrogens is 3. The van der Waals surface area contributed by atoms with E-state index < -0.39 is 0 Å². The van der Waals surface area contributed by atoms with E-state index in [0.717, 1.165) is 12.0 Å². The third kappa shape index (κ3) is 2.79. The van der Waals surface area contributed by atoms with E-state index in [9.17, 15) is 9.18 Å². The lowest BCUT2D eigenvalue weighted by atomic mass is 10.1. The molecule has 2 aromatic heterocycles. The summed E-state index contributed by atoms with van der Waals surface area (Å²) < 4.78 is 16.3. The normalized spacial score (nSPS) is 11.5. The van der Waals surface area contributed by atoms with E-state index in [2.05, 4.69) is 18.9 Å². The Morgan fingerprint density at radius 2 is 1.91 bits per heavy atom. The molecule has 0 aliphatic carbocycles. The minimum Gasteiger partial charge on any atom is -0.312 e. The highest BCUT2D eigenvalue weighted by Crippen LogP contribution is 2.18. The van der Waals surface area contributed by atoms with Crippen LogP contribution < -0.4 is 5.56 Å². The SMILES string of the molecule is CC(C)CCn1ccn2nc(-c3ccc(F)cc3)cc2c1=O. The molecule has 3 aromatic rings. The van der Waals surface area contributed by atoms with Crippen molar-refractivity contribution in [2.75, 3.05) is 0 Å². The maximum absolute atomic E-state index is 13.0. The maximum atomic E-state index is 13.0. The van der Waals surface area contributed by atoms with Crippen molar-refractivity contribution in [1.82, 2.24) is 14.2 Å². The van der Waals surface area contributed by atoms with Gasteiger partial charge >= 0.3 is 0 Å². The van der Waals surface area contributed by atoms with E-state index in [1.165, 1.54) is 12.1 Å². The first kappa shape index (κ1) is 14.5. The summed E-state index contributed by atoms with van der Waals surface area (Å²) in [5.41, 5.74) is 1.94. The Hall–Kier alpha value is -2.43. The second-order valence-electron chi connectivity index (χ2n) is 5.85. The highest BCUT2D eigenvalue weighted by molar-refractivity contribution is 5.65. The quantitative estimate of drug-likeness (QED) is 0.741. The minimum absolute atomic E-state index is 0.0518. The van der Waals surface area contributed by atoms with Crippen LogP contribution in [0, 0.1) is 11.7 Å². The van der Waals surface area contributed by atoms with E-state index in [-0.39, 0.29) is 11.4 Å². The number of fused-ring (bicyclic) bond motifs is 1. The summed E-state index contributed by atoms with van der Waals surface area (Å²) in [5, 5.41) is 4.39. The molecular weight excluding hydrogens is 281 g/mol. The summed E-state index contributed by atoms with van der Waals surface area (Å²) in [6.07, 6.45) is 4.50. The molecule has 22 heavy (non-hydrogen) atoms. The third-order valence-corrected chi connectivity index (χ3v) is 3.69. The van der Waals surface area contributed by atoms with Gasteiger partial charge in [0.05, 0.1) is 5.69 Å². The molecule has 0 aliphatic rings. The largest absolute Gasteiger partial charge is 0.312 e. The number of halogens is 1. The van der Waals surface area contributed by atoms with E-state index in [1.54, 1.807) is 39.7 Å².